The maximum absolute atomic E-state index is 5.48. The van der Waals surface area contributed by atoms with Crippen LogP contribution in [0.5, 0.6) is 5.75 Å². The molecule has 2 bridgehead atoms. The molecule has 0 N–H and O–H groups in total. The highest BCUT2D eigenvalue weighted by molar-refractivity contribution is 5.46. The van der Waals surface area contributed by atoms with Crippen LogP contribution in [0, 0.1) is 5.92 Å². The first kappa shape index (κ1) is 11.8. The van der Waals surface area contributed by atoms with Crippen molar-refractivity contribution >= 4 is 0 Å². The van der Waals surface area contributed by atoms with Gasteiger partial charge in [-0.05, 0) is 55.5 Å². The van der Waals surface area contributed by atoms with Gasteiger partial charge in [0.2, 0.25) is 0 Å². The highest BCUT2D eigenvalue weighted by Crippen LogP contribution is 2.56. The third-order valence-electron chi connectivity index (χ3n) is 5.94. The van der Waals surface area contributed by atoms with Gasteiger partial charge in [0.25, 0.3) is 0 Å². The van der Waals surface area contributed by atoms with E-state index in [1.807, 2.05) is 0 Å². The van der Waals surface area contributed by atoms with E-state index in [1.54, 1.807) is 18.2 Å². The zero-order valence-electron chi connectivity index (χ0n) is 12.0. The van der Waals surface area contributed by atoms with Crippen LogP contribution in [-0.2, 0) is 11.8 Å². The Kier molecular flexibility index (Phi) is 2.47. The molecule has 2 fully saturated rings. The Bertz CT molecular complexity index is 512. The zero-order chi connectivity index (χ0) is 13.0. The van der Waals surface area contributed by atoms with E-state index in [2.05, 4.69) is 30.1 Å². The number of likely N-dealkylation sites (N-methyl/N-ethyl adjacent to an activating group) is 1. The minimum atomic E-state index is 0.430. The molecule has 0 radical (unpaired) electrons. The molecular weight excluding hydrogens is 234 g/mol. The number of nitrogens with zero attached hydrogens (tertiary/aromatic N) is 1. The Balaban J connectivity index is 1.89. The molecule has 3 atom stereocenters. The summed E-state index contributed by atoms with van der Waals surface area (Å²) in [5.74, 6) is 1.91. The lowest BCUT2D eigenvalue weighted by Gasteiger charge is -2.45. The zero-order valence-corrected chi connectivity index (χ0v) is 12.0. The van der Waals surface area contributed by atoms with Crippen molar-refractivity contribution in [2.24, 2.45) is 5.92 Å². The summed E-state index contributed by atoms with van der Waals surface area (Å²) in [6, 6.07) is 7.56. The molecule has 0 unspecified atom stereocenters. The average Bonchev–Trinajstić information content (AvgIpc) is 2.67. The summed E-state index contributed by atoms with van der Waals surface area (Å²) < 4.78 is 5.48. The predicted octanol–water partition coefficient (Wildman–Crippen LogP) is 2.99. The van der Waals surface area contributed by atoms with Gasteiger partial charge in [-0.1, -0.05) is 18.9 Å². The summed E-state index contributed by atoms with van der Waals surface area (Å²) in [6.07, 6.45) is 6.86. The standard InChI is InChI=1S/C17H23NO/c1-18-11-17-8-4-3-5-14(17)16(18)9-12-6-7-13(19-2)10-15(12)17/h6-7,10,14,16H,3-5,8-9,11H2,1-2H3/t14-,16-,17+/m1/s1. The molecule has 2 aliphatic carbocycles. The molecule has 3 aliphatic rings. The Labute approximate surface area is 115 Å². The predicted molar refractivity (Wildman–Crippen MR) is 76.8 cm³/mol. The van der Waals surface area contributed by atoms with Crippen molar-refractivity contribution in [3.63, 3.8) is 0 Å². The monoisotopic (exact) mass is 257 g/mol. The molecule has 1 saturated carbocycles. The summed E-state index contributed by atoms with van der Waals surface area (Å²) in [7, 11) is 4.11. The molecule has 1 aliphatic heterocycles. The van der Waals surface area contributed by atoms with E-state index in [4.69, 9.17) is 4.74 Å². The SMILES string of the molecule is COc1ccc2c(c1)[C@]13CCCC[C@@H]1[C@@H](C2)N(C)C3. The summed E-state index contributed by atoms with van der Waals surface area (Å²) >= 11 is 0. The Morgan fingerprint density at radius 3 is 3.05 bits per heavy atom. The van der Waals surface area contributed by atoms with E-state index >= 15 is 0 Å². The maximum atomic E-state index is 5.48. The van der Waals surface area contributed by atoms with Gasteiger partial charge in [-0.3, -0.25) is 0 Å². The van der Waals surface area contributed by atoms with Crippen LogP contribution in [0.1, 0.15) is 36.8 Å². The maximum Gasteiger partial charge on any atom is 0.119 e. The van der Waals surface area contributed by atoms with Gasteiger partial charge < -0.3 is 9.64 Å². The number of methoxy groups -OCH3 is 1. The smallest absolute Gasteiger partial charge is 0.119 e. The van der Waals surface area contributed by atoms with Gasteiger partial charge in [0.05, 0.1) is 7.11 Å². The van der Waals surface area contributed by atoms with Crippen molar-refractivity contribution in [1.29, 1.82) is 0 Å². The average molecular weight is 257 g/mol. The molecule has 102 valence electrons. The first-order valence-electron chi connectivity index (χ1n) is 7.62. The summed E-state index contributed by atoms with van der Waals surface area (Å²) in [4.78, 5) is 2.63. The minimum Gasteiger partial charge on any atom is -0.497 e. The number of fused-ring (bicyclic) bond motifs is 1. The first-order valence-corrected chi connectivity index (χ1v) is 7.62. The number of rotatable bonds is 1. The van der Waals surface area contributed by atoms with Crippen LogP contribution in [0.2, 0.25) is 0 Å². The van der Waals surface area contributed by atoms with Crippen LogP contribution >= 0.6 is 0 Å². The van der Waals surface area contributed by atoms with E-state index in [1.165, 1.54) is 38.6 Å². The summed E-state index contributed by atoms with van der Waals surface area (Å²) in [5.41, 5.74) is 3.62. The highest BCUT2D eigenvalue weighted by atomic mass is 16.5. The molecule has 0 spiro atoms. The third-order valence-corrected chi connectivity index (χ3v) is 5.94. The van der Waals surface area contributed by atoms with E-state index < -0.39 is 0 Å². The third kappa shape index (κ3) is 1.47. The Morgan fingerprint density at radius 1 is 1.32 bits per heavy atom. The van der Waals surface area contributed by atoms with E-state index in [0.29, 0.717) is 5.41 Å². The lowest BCUT2D eigenvalue weighted by Crippen LogP contribution is -2.44. The molecule has 1 aromatic carbocycles. The second-order valence-electron chi connectivity index (χ2n) is 6.72. The van der Waals surface area contributed by atoms with Gasteiger partial charge in [0.1, 0.15) is 5.75 Å². The molecular formula is C17H23NO. The quantitative estimate of drug-likeness (QED) is 0.767. The molecule has 2 heteroatoms. The first-order chi connectivity index (χ1) is 9.24. The number of benzene rings is 1. The van der Waals surface area contributed by atoms with Crippen LogP contribution in [0.4, 0.5) is 0 Å². The number of hydrogen-bond acceptors (Lipinski definition) is 2. The second kappa shape index (κ2) is 3.99. The fraction of sp³-hybridized carbons (Fsp3) is 0.647. The largest absolute Gasteiger partial charge is 0.497 e. The number of likely N-dealkylation sites (tertiary alicyclic amines) is 1. The van der Waals surface area contributed by atoms with Crippen LogP contribution < -0.4 is 4.74 Å². The lowest BCUT2D eigenvalue weighted by atomic mass is 9.58. The van der Waals surface area contributed by atoms with Crippen LogP contribution in [0.3, 0.4) is 0 Å². The second-order valence-corrected chi connectivity index (χ2v) is 6.72. The molecule has 1 saturated heterocycles. The molecule has 19 heavy (non-hydrogen) atoms. The fourth-order valence-corrected chi connectivity index (χ4v) is 5.16. The summed E-state index contributed by atoms with van der Waals surface area (Å²) in [6.45, 7) is 1.25. The van der Waals surface area contributed by atoms with Crippen molar-refractivity contribution in [2.75, 3.05) is 20.7 Å². The number of ether oxygens (including phenoxy) is 1. The van der Waals surface area contributed by atoms with Gasteiger partial charge in [0, 0.05) is 18.0 Å². The molecule has 1 aromatic rings. The van der Waals surface area contributed by atoms with E-state index in [9.17, 15) is 0 Å². The van der Waals surface area contributed by atoms with Gasteiger partial charge in [-0.15, -0.1) is 0 Å². The molecule has 0 aromatic heterocycles. The van der Waals surface area contributed by atoms with Gasteiger partial charge in [0.15, 0.2) is 0 Å². The van der Waals surface area contributed by atoms with E-state index in [-0.39, 0.29) is 0 Å². The Hall–Kier alpha value is -1.02. The van der Waals surface area contributed by atoms with Crippen molar-refractivity contribution in [3.8, 4) is 5.75 Å². The van der Waals surface area contributed by atoms with Crippen LogP contribution in [-0.4, -0.2) is 31.6 Å². The fourth-order valence-electron chi connectivity index (χ4n) is 5.16. The molecule has 2 nitrogen and oxygen atoms in total. The number of hydrogen-bond donors (Lipinski definition) is 0. The molecule has 0 amide bonds. The topological polar surface area (TPSA) is 12.5 Å². The minimum absolute atomic E-state index is 0.430. The highest BCUT2D eigenvalue weighted by Gasteiger charge is 2.56. The van der Waals surface area contributed by atoms with Gasteiger partial charge >= 0.3 is 0 Å². The normalized spacial score (nSPS) is 36.7. The van der Waals surface area contributed by atoms with Gasteiger partial charge in [-0.2, -0.15) is 0 Å². The lowest BCUT2D eigenvalue weighted by molar-refractivity contribution is 0.191. The van der Waals surface area contributed by atoms with Crippen LogP contribution in [0.25, 0.3) is 0 Å². The van der Waals surface area contributed by atoms with Crippen molar-refractivity contribution in [1.82, 2.24) is 4.90 Å². The van der Waals surface area contributed by atoms with Crippen molar-refractivity contribution in [3.05, 3.63) is 29.3 Å². The molecule has 1 heterocycles. The van der Waals surface area contributed by atoms with Gasteiger partial charge in [-0.25, -0.2) is 0 Å². The Morgan fingerprint density at radius 2 is 2.21 bits per heavy atom. The summed E-state index contributed by atoms with van der Waals surface area (Å²) in [5, 5.41) is 0. The molecule has 4 rings (SSSR count). The van der Waals surface area contributed by atoms with E-state index in [0.717, 1.165) is 17.7 Å². The van der Waals surface area contributed by atoms with Crippen LogP contribution in [0.15, 0.2) is 18.2 Å². The van der Waals surface area contributed by atoms with Crippen molar-refractivity contribution in [2.45, 2.75) is 43.6 Å². The van der Waals surface area contributed by atoms with Crippen molar-refractivity contribution < 1.29 is 4.74 Å².